The number of rotatable bonds is 6. The van der Waals surface area contributed by atoms with Gasteiger partial charge in [0.1, 0.15) is 5.92 Å². The Balaban J connectivity index is 2.76. The summed E-state index contributed by atoms with van der Waals surface area (Å²) >= 11 is 0. The number of carbonyl (C=O) groups is 2. The summed E-state index contributed by atoms with van der Waals surface area (Å²) in [4.78, 5) is 25.2. The Labute approximate surface area is 103 Å². The highest BCUT2D eigenvalue weighted by Gasteiger charge is 2.37. The summed E-state index contributed by atoms with van der Waals surface area (Å²) in [6, 6.07) is 0.0899. The Morgan fingerprint density at radius 3 is 1.94 bits per heavy atom. The Hall–Kier alpha value is -1.06. The van der Waals surface area contributed by atoms with Gasteiger partial charge in [0, 0.05) is 12.1 Å². The molecule has 0 heterocycles. The summed E-state index contributed by atoms with van der Waals surface area (Å²) in [5.41, 5.74) is 0. The average molecular weight is 241 g/mol. The number of nitrogens with zero attached hydrogens (tertiary/aromatic N) is 1. The maximum absolute atomic E-state index is 12.3. The SMILES string of the molecule is CC(C)N(C(=O)C(CC1CC1)C(=O)O)C(C)C. The zero-order valence-corrected chi connectivity index (χ0v) is 11.1. The van der Waals surface area contributed by atoms with E-state index in [0.29, 0.717) is 12.3 Å². The molecular weight excluding hydrogens is 218 g/mol. The Morgan fingerprint density at radius 2 is 1.65 bits per heavy atom. The van der Waals surface area contributed by atoms with Crippen LogP contribution in [0.1, 0.15) is 47.0 Å². The highest BCUT2D eigenvalue weighted by molar-refractivity contribution is 5.97. The zero-order chi connectivity index (χ0) is 13.2. The Kier molecular flexibility index (Phi) is 4.54. The summed E-state index contributed by atoms with van der Waals surface area (Å²) in [5, 5.41) is 9.19. The monoisotopic (exact) mass is 241 g/mol. The minimum Gasteiger partial charge on any atom is -0.481 e. The summed E-state index contributed by atoms with van der Waals surface area (Å²) in [7, 11) is 0. The van der Waals surface area contributed by atoms with Crippen LogP contribution in [0.25, 0.3) is 0 Å². The van der Waals surface area contributed by atoms with Crippen molar-refractivity contribution in [1.82, 2.24) is 4.90 Å². The molecule has 1 saturated carbocycles. The van der Waals surface area contributed by atoms with Crippen molar-refractivity contribution in [2.24, 2.45) is 11.8 Å². The molecule has 0 aliphatic heterocycles. The molecule has 1 amide bonds. The molecule has 1 aliphatic rings. The molecule has 1 atom stereocenters. The van der Waals surface area contributed by atoms with Gasteiger partial charge in [-0.05, 0) is 40.0 Å². The van der Waals surface area contributed by atoms with E-state index in [1.165, 1.54) is 0 Å². The van der Waals surface area contributed by atoms with Gasteiger partial charge >= 0.3 is 5.97 Å². The molecule has 0 saturated heterocycles. The normalized spacial score (nSPS) is 17.3. The largest absolute Gasteiger partial charge is 0.481 e. The number of carbonyl (C=O) groups excluding carboxylic acids is 1. The Bertz CT molecular complexity index is 287. The van der Waals surface area contributed by atoms with Crippen LogP contribution in [0.4, 0.5) is 0 Å². The van der Waals surface area contributed by atoms with Crippen molar-refractivity contribution in [2.45, 2.75) is 59.0 Å². The molecule has 1 N–H and O–H groups in total. The smallest absolute Gasteiger partial charge is 0.316 e. The van der Waals surface area contributed by atoms with E-state index in [1.54, 1.807) is 4.90 Å². The molecule has 98 valence electrons. The van der Waals surface area contributed by atoms with Crippen LogP contribution in [0.15, 0.2) is 0 Å². The molecule has 0 aromatic heterocycles. The van der Waals surface area contributed by atoms with Crippen LogP contribution in [0.3, 0.4) is 0 Å². The molecule has 1 aliphatic carbocycles. The maximum Gasteiger partial charge on any atom is 0.316 e. The predicted molar refractivity (Wildman–Crippen MR) is 65.6 cm³/mol. The third-order valence-electron chi connectivity index (χ3n) is 3.23. The van der Waals surface area contributed by atoms with E-state index < -0.39 is 11.9 Å². The van der Waals surface area contributed by atoms with E-state index in [1.807, 2.05) is 27.7 Å². The van der Waals surface area contributed by atoms with E-state index in [9.17, 15) is 14.7 Å². The number of hydrogen-bond acceptors (Lipinski definition) is 2. The third-order valence-corrected chi connectivity index (χ3v) is 3.23. The van der Waals surface area contributed by atoms with Gasteiger partial charge in [-0.3, -0.25) is 9.59 Å². The van der Waals surface area contributed by atoms with Crippen molar-refractivity contribution in [3.63, 3.8) is 0 Å². The van der Waals surface area contributed by atoms with Gasteiger partial charge in [-0.1, -0.05) is 12.8 Å². The first-order valence-corrected chi connectivity index (χ1v) is 6.39. The number of hydrogen-bond donors (Lipinski definition) is 1. The van der Waals surface area contributed by atoms with Crippen molar-refractivity contribution in [3.05, 3.63) is 0 Å². The Morgan fingerprint density at radius 1 is 1.18 bits per heavy atom. The van der Waals surface area contributed by atoms with Gasteiger partial charge in [-0.2, -0.15) is 0 Å². The fraction of sp³-hybridized carbons (Fsp3) is 0.846. The van der Waals surface area contributed by atoms with Crippen molar-refractivity contribution < 1.29 is 14.7 Å². The molecule has 1 fully saturated rings. The number of carboxylic acid groups (broad SMARTS) is 1. The van der Waals surface area contributed by atoms with Gasteiger partial charge in [-0.15, -0.1) is 0 Å². The van der Waals surface area contributed by atoms with Gasteiger partial charge in [-0.25, -0.2) is 0 Å². The molecule has 1 rings (SSSR count). The van der Waals surface area contributed by atoms with Crippen LogP contribution in [0.5, 0.6) is 0 Å². The lowest BCUT2D eigenvalue weighted by Gasteiger charge is -2.33. The van der Waals surface area contributed by atoms with Crippen LogP contribution in [0, 0.1) is 11.8 Å². The van der Waals surface area contributed by atoms with Crippen LogP contribution < -0.4 is 0 Å². The van der Waals surface area contributed by atoms with Crippen molar-refractivity contribution in [3.8, 4) is 0 Å². The molecule has 0 aromatic rings. The van der Waals surface area contributed by atoms with E-state index in [0.717, 1.165) is 12.8 Å². The van der Waals surface area contributed by atoms with Crippen molar-refractivity contribution in [1.29, 1.82) is 0 Å². The van der Waals surface area contributed by atoms with Gasteiger partial charge in [0.05, 0.1) is 0 Å². The minimum absolute atomic E-state index is 0.0450. The lowest BCUT2D eigenvalue weighted by molar-refractivity contribution is -0.153. The first-order valence-electron chi connectivity index (χ1n) is 6.39. The maximum atomic E-state index is 12.3. The van der Waals surface area contributed by atoms with Crippen molar-refractivity contribution in [2.75, 3.05) is 0 Å². The lowest BCUT2D eigenvalue weighted by Crippen LogP contribution is -2.47. The van der Waals surface area contributed by atoms with Crippen LogP contribution in [-0.2, 0) is 9.59 Å². The van der Waals surface area contributed by atoms with Crippen molar-refractivity contribution >= 4 is 11.9 Å². The topological polar surface area (TPSA) is 57.6 Å². The summed E-state index contributed by atoms with van der Waals surface area (Å²) in [5.74, 6) is -1.61. The second-order valence-corrected chi connectivity index (χ2v) is 5.50. The molecule has 4 nitrogen and oxygen atoms in total. The highest BCUT2D eigenvalue weighted by Crippen LogP contribution is 2.36. The summed E-state index contributed by atoms with van der Waals surface area (Å²) in [6.07, 6.45) is 2.64. The molecule has 0 spiro atoms. The van der Waals surface area contributed by atoms with Gasteiger partial charge in [0.25, 0.3) is 0 Å². The lowest BCUT2D eigenvalue weighted by atomic mass is 9.99. The van der Waals surface area contributed by atoms with Crippen LogP contribution >= 0.6 is 0 Å². The molecule has 17 heavy (non-hydrogen) atoms. The first kappa shape index (κ1) is 14.0. The molecule has 0 aromatic carbocycles. The average Bonchev–Trinajstić information content (AvgIpc) is 2.95. The van der Waals surface area contributed by atoms with Gasteiger partial charge in [0.2, 0.25) is 5.91 Å². The second-order valence-electron chi connectivity index (χ2n) is 5.50. The molecule has 1 unspecified atom stereocenters. The fourth-order valence-electron chi connectivity index (χ4n) is 2.28. The second kappa shape index (κ2) is 5.52. The van der Waals surface area contributed by atoms with Crippen LogP contribution in [-0.4, -0.2) is 34.0 Å². The number of amides is 1. The molecule has 0 bridgehead atoms. The third kappa shape index (κ3) is 3.72. The van der Waals surface area contributed by atoms with Crippen LogP contribution in [0.2, 0.25) is 0 Å². The van der Waals surface area contributed by atoms with E-state index in [2.05, 4.69) is 0 Å². The van der Waals surface area contributed by atoms with Gasteiger partial charge in [0.15, 0.2) is 0 Å². The number of aliphatic carboxylic acids is 1. The highest BCUT2D eigenvalue weighted by atomic mass is 16.4. The van der Waals surface area contributed by atoms with E-state index in [-0.39, 0.29) is 18.0 Å². The van der Waals surface area contributed by atoms with E-state index >= 15 is 0 Å². The number of carboxylic acids is 1. The zero-order valence-electron chi connectivity index (χ0n) is 11.1. The van der Waals surface area contributed by atoms with E-state index in [4.69, 9.17) is 0 Å². The first-order chi connectivity index (χ1) is 7.84. The fourth-order valence-corrected chi connectivity index (χ4v) is 2.28. The summed E-state index contributed by atoms with van der Waals surface area (Å²) in [6.45, 7) is 7.70. The quantitative estimate of drug-likeness (QED) is 0.725. The minimum atomic E-state index is -0.979. The molecule has 4 heteroatoms. The standard InChI is InChI=1S/C13H23NO3/c1-8(2)14(9(3)4)12(15)11(13(16)17)7-10-5-6-10/h8-11H,5-7H2,1-4H3,(H,16,17). The molecular formula is C13H23NO3. The predicted octanol–water partition coefficient (Wildman–Crippen LogP) is 2.13. The summed E-state index contributed by atoms with van der Waals surface area (Å²) < 4.78 is 0. The van der Waals surface area contributed by atoms with Gasteiger partial charge < -0.3 is 10.0 Å². The molecule has 0 radical (unpaired) electrons.